The highest BCUT2D eigenvalue weighted by Crippen LogP contribution is 2.27. The lowest BCUT2D eigenvalue weighted by Gasteiger charge is -2.30. The molecule has 4 rings (SSSR count). The van der Waals surface area contributed by atoms with Gasteiger partial charge in [-0.2, -0.15) is 0 Å². The summed E-state index contributed by atoms with van der Waals surface area (Å²) in [5, 5.41) is 10.9. The first kappa shape index (κ1) is 19.3. The van der Waals surface area contributed by atoms with Gasteiger partial charge in [0.15, 0.2) is 0 Å². The van der Waals surface area contributed by atoms with Gasteiger partial charge in [-0.05, 0) is 30.9 Å². The third-order valence-electron chi connectivity index (χ3n) is 5.18. The van der Waals surface area contributed by atoms with Crippen LogP contribution in [0.5, 0.6) is 0 Å². The zero-order valence-electron chi connectivity index (χ0n) is 16.1. The summed E-state index contributed by atoms with van der Waals surface area (Å²) < 4.78 is 1.35. The van der Waals surface area contributed by atoms with Crippen LogP contribution in [0.15, 0.2) is 34.4 Å². The molecule has 0 fully saturated rings. The van der Waals surface area contributed by atoms with Crippen molar-refractivity contribution in [1.82, 2.24) is 9.55 Å². The van der Waals surface area contributed by atoms with Crippen molar-refractivity contribution in [3.63, 3.8) is 0 Å². The first-order chi connectivity index (χ1) is 14.0. The molecule has 1 aliphatic heterocycles. The molecule has 1 N–H and O–H groups in total. The molecule has 1 aliphatic rings. The van der Waals surface area contributed by atoms with Gasteiger partial charge in [0.05, 0.1) is 10.9 Å². The van der Waals surface area contributed by atoms with E-state index < -0.39 is 11.5 Å². The predicted octanol–water partition coefficient (Wildman–Crippen LogP) is 3.09. The predicted molar refractivity (Wildman–Crippen MR) is 112 cm³/mol. The van der Waals surface area contributed by atoms with E-state index in [1.165, 1.54) is 9.95 Å². The maximum atomic E-state index is 13.2. The van der Waals surface area contributed by atoms with Crippen molar-refractivity contribution >= 4 is 39.1 Å². The number of hydrogen-bond acceptors (Lipinski definition) is 5. The number of anilines is 1. The number of amides is 1. The molecule has 0 bridgehead atoms. The number of carboxylic acids is 1. The molecule has 3 aromatic rings. The van der Waals surface area contributed by atoms with Gasteiger partial charge in [-0.15, -0.1) is 11.3 Å². The number of thiophene rings is 1. The van der Waals surface area contributed by atoms with Gasteiger partial charge in [-0.25, -0.2) is 9.78 Å². The van der Waals surface area contributed by atoms with Crippen molar-refractivity contribution in [2.24, 2.45) is 0 Å². The molecular formula is C21H21N3O4S. The van der Waals surface area contributed by atoms with E-state index in [2.05, 4.69) is 4.98 Å². The van der Waals surface area contributed by atoms with Crippen molar-refractivity contribution in [2.45, 2.75) is 39.2 Å². The Bertz CT molecular complexity index is 1160. The van der Waals surface area contributed by atoms with E-state index in [0.29, 0.717) is 23.6 Å². The topological polar surface area (TPSA) is 92.5 Å². The van der Waals surface area contributed by atoms with Crippen LogP contribution in [0.1, 0.15) is 41.5 Å². The number of benzene rings is 1. The maximum absolute atomic E-state index is 13.2. The molecule has 29 heavy (non-hydrogen) atoms. The van der Waals surface area contributed by atoms with Gasteiger partial charge in [0, 0.05) is 24.0 Å². The van der Waals surface area contributed by atoms with Crippen LogP contribution in [-0.4, -0.2) is 33.1 Å². The van der Waals surface area contributed by atoms with Gasteiger partial charge in [0.1, 0.15) is 17.2 Å². The lowest BCUT2D eigenvalue weighted by molar-refractivity contribution is -0.119. The average Bonchev–Trinajstić information content (AvgIpc) is 3.15. The SMILES string of the molecule is CCCc1nc2scc(C(=O)O)c2c(=O)n1CC(=O)N1CCCc2ccccc21. The molecule has 8 heteroatoms. The van der Waals surface area contributed by atoms with Gasteiger partial charge in [-0.1, -0.05) is 25.1 Å². The average molecular weight is 411 g/mol. The van der Waals surface area contributed by atoms with Gasteiger partial charge in [0.2, 0.25) is 5.91 Å². The number of aromatic nitrogens is 2. The number of fused-ring (bicyclic) bond motifs is 2. The number of carboxylic acid groups (broad SMARTS) is 1. The Morgan fingerprint density at radius 3 is 2.83 bits per heavy atom. The van der Waals surface area contributed by atoms with Gasteiger partial charge >= 0.3 is 5.97 Å². The third kappa shape index (κ3) is 3.44. The molecule has 3 heterocycles. The molecule has 0 aliphatic carbocycles. The fourth-order valence-electron chi connectivity index (χ4n) is 3.81. The highest BCUT2D eigenvalue weighted by Gasteiger charge is 2.25. The first-order valence-electron chi connectivity index (χ1n) is 9.63. The van der Waals surface area contributed by atoms with Crippen LogP contribution >= 0.6 is 11.3 Å². The summed E-state index contributed by atoms with van der Waals surface area (Å²) in [6.07, 6.45) is 3.08. The number of aromatic carboxylic acids is 1. The minimum atomic E-state index is -1.17. The van der Waals surface area contributed by atoms with E-state index in [0.717, 1.165) is 41.9 Å². The lowest BCUT2D eigenvalue weighted by atomic mass is 10.0. The first-order valence-corrected chi connectivity index (χ1v) is 10.5. The van der Waals surface area contributed by atoms with Crippen LogP contribution in [-0.2, 0) is 24.2 Å². The van der Waals surface area contributed by atoms with Crippen LogP contribution in [0, 0.1) is 0 Å². The lowest BCUT2D eigenvalue weighted by Crippen LogP contribution is -2.40. The second-order valence-corrected chi connectivity index (χ2v) is 7.94. The molecule has 0 spiro atoms. The third-order valence-corrected chi connectivity index (χ3v) is 6.05. The fourth-order valence-corrected chi connectivity index (χ4v) is 4.74. The van der Waals surface area contributed by atoms with Crippen molar-refractivity contribution in [3.05, 3.63) is 57.0 Å². The highest BCUT2D eigenvalue weighted by molar-refractivity contribution is 7.17. The molecule has 1 amide bonds. The number of nitrogens with zero attached hydrogens (tertiary/aromatic N) is 3. The number of hydrogen-bond donors (Lipinski definition) is 1. The summed E-state index contributed by atoms with van der Waals surface area (Å²) in [7, 11) is 0. The van der Waals surface area contributed by atoms with Crippen LogP contribution in [0.3, 0.4) is 0 Å². The van der Waals surface area contributed by atoms with E-state index in [4.69, 9.17) is 0 Å². The van der Waals surface area contributed by atoms with Crippen molar-refractivity contribution in [1.29, 1.82) is 0 Å². The smallest absolute Gasteiger partial charge is 0.337 e. The molecule has 2 aromatic heterocycles. The molecule has 0 saturated carbocycles. The molecule has 0 radical (unpaired) electrons. The molecule has 0 saturated heterocycles. The Labute approximate surface area is 171 Å². The quantitative estimate of drug-likeness (QED) is 0.696. The summed E-state index contributed by atoms with van der Waals surface area (Å²) in [5.41, 5.74) is 1.48. The van der Waals surface area contributed by atoms with E-state index in [9.17, 15) is 19.5 Å². The van der Waals surface area contributed by atoms with E-state index in [-0.39, 0.29) is 23.4 Å². The molecule has 150 valence electrons. The molecule has 0 atom stereocenters. The Balaban J connectivity index is 1.77. The summed E-state index contributed by atoms with van der Waals surface area (Å²) in [4.78, 5) is 44.5. The van der Waals surface area contributed by atoms with Crippen LogP contribution in [0.25, 0.3) is 10.2 Å². The van der Waals surface area contributed by atoms with Gasteiger partial charge < -0.3 is 10.0 Å². The van der Waals surface area contributed by atoms with Gasteiger partial charge in [0.25, 0.3) is 5.56 Å². The molecule has 0 unspecified atom stereocenters. The van der Waals surface area contributed by atoms with Crippen molar-refractivity contribution in [3.8, 4) is 0 Å². The van der Waals surface area contributed by atoms with E-state index in [1.54, 1.807) is 4.90 Å². The summed E-state index contributed by atoms with van der Waals surface area (Å²) in [6, 6.07) is 7.79. The fraction of sp³-hybridized carbons (Fsp3) is 0.333. The van der Waals surface area contributed by atoms with Crippen LogP contribution in [0.2, 0.25) is 0 Å². The Kier molecular flexibility index (Phi) is 5.19. The summed E-state index contributed by atoms with van der Waals surface area (Å²) in [5.74, 6) is -0.839. The maximum Gasteiger partial charge on any atom is 0.337 e. The second-order valence-electron chi connectivity index (χ2n) is 7.08. The number of aryl methyl sites for hydroxylation is 2. The molecular weight excluding hydrogens is 390 g/mol. The Morgan fingerprint density at radius 1 is 1.28 bits per heavy atom. The Hall–Kier alpha value is -3.00. The monoisotopic (exact) mass is 411 g/mol. The van der Waals surface area contributed by atoms with Crippen LogP contribution < -0.4 is 10.5 Å². The standard InChI is InChI=1S/C21H21N3O4S/c1-2-6-16-22-19-18(14(12-29-19)21(27)28)20(26)24(16)11-17(25)23-10-5-8-13-7-3-4-9-15(13)23/h3-4,7,9,12H,2,5-6,8,10-11H2,1H3,(H,27,28). The number of carbonyl (C=O) groups is 2. The zero-order valence-corrected chi connectivity index (χ0v) is 16.9. The number of rotatable bonds is 5. The normalized spacial score (nSPS) is 13.5. The minimum Gasteiger partial charge on any atom is -0.478 e. The van der Waals surface area contributed by atoms with E-state index >= 15 is 0 Å². The molecule has 1 aromatic carbocycles. The highest BCUT2D eigenvalue weighted by atomic mass is 32.1. The molecule has 7 nitrogen and oxygen atoms in total. The number of carbonyl (C=O) groups excluding carboxylic acids is 1. The van der Waals surface area contributed by atoms with Gasteiger partial charge in [-0.3, -0.25) is 14.2 Å². The summed E-state index contributed by atoms with van der Waals surface area (Å²) in [6.45, 7) is 2.42. The number of para-hydroxylation sites is 1. The Morgan fingerprint density at radius 2 is 2.07 bits per heavy atom. The summed E-state index contributed by atoms with van der Waals surface area (Å²) >= 11 is 1.14. The van der Waals surface area contributed by atoms with Crippen molar-refractivity contribution in [2.75, 3.05) is 11.4 Å². The largest absolute Gasteiger partial charge is 0.478 e. The van der Waals surface area contributed by atoms with Crippen molar-refractivity contribution < 1.29 is 14.7 Å². The second kappa shape index (κ2) is 7.79. The van der Waals surface area contributed by atoms with Crippen LogP contribution in [0.4, 0.5) is 5.69 Å². The zero-order chi connectivity index (χ0) is 20.5. The minimum absolute atomic E-state index is 0.0601. The van der Waals surface area contributed by atoms with E-state index in [1.807, 2.05) is 31.2 Å².